The summed E-state index contributed by atoms with van der Waals surface area (Å²) in [6.45, 7) is 5.91. The van der Waals surface area contributed by atoms with Gasteiger partial charge in [0.2, 0.25) is 0 Å². The second-order valence-corrected chi connectivity index (χ2v) is 7.43. The summed E-state index contributed by atoms with van der Waals surface area (Å²) < 4.78 is 44.6. The first-order chi connectivity index (χ1) is 11.6. The first kappa shape index (κ1) is 16.4. The summed E-state index contributed by atoms with van der Waals surface area (Å²) >= 11 is 0. The van der Waals surface area contributed by atoms with E-state index >= 15 is 0 Å². The fraction of sp³-hybridized carbons (Fsp3) is 0.556. The van der Waals surface area contributed by atoms with Gasteiger partial charge in [0.25, 0.3) is 0 Å². The highest BCUT2D eigenvalue weighted by Gasteiger charge is 2.54. The minimum absolute atomic E-state index is 0.0680. The van der Waals surface area contributed by atoms with Crippen molar-refractivity contribution in [3.63, 3.8) is 0 Å². The first-order valence-corrected chi connectivity index (χ1v) is 8.39. The lowest BCUT2D eigenvalue weighted by Gasteiger charge is -2.54. The van der Waals surface area contributed by atoms with Gasteiger partial charge in [-0.15, -0.1) is 0 Å². The maximum absolute atomic E-state index is 13.0. The normalized spacial score (nSPS) is 29.0. The van der Waals surface area contributed by atoms with Crippen LogP contribution in [0.3, 0.4) is 0 Å². The van der Waals surface area contributed by atoms with Gasteiger partial charge in [0.05, 0.1) is 0 Å². The Kier molecular flexibility index (Phi) is 3.28. The van der Waals surface area contributed by atoms with Crippen LogP contribution in [-0.4, -0.2) is 34.6 Å². The van der Waals surface area contributed by atoms with Crippen molar-refractivity contribution in [1.82, 2.24) is 9.88 Å². The smallest absolute Gasteiger partial charge is 0.441 e. The summed E-state index contributed by atoms with van der Waals surface area (Å²) in [5.74, 6) is -1.23. The number of carbonyl (C=O) groups excluding carboxylic acids is 1. The lowest BCUT2D eigenvalue weighted by atomic mass is 9.59. The average molecular weight is 352 g/mol. The summed E-state index contributed by atoms with van der Waals surface area (Å²) in [5, 5.41) is 0. The number of amides is 1. The summed E-state index contributed by atoms with van der Waals surface area (Å²) in [7, 11) is 0. The maximum Gasteiger partial charge on any atom is 0.471 e. The molecule has 25 heavy (non-hydrogen) atoms. The van der Waals surface area contributed by atoms with Crippen molar-refractivity contribution in [3.05, 3.63) is 29.2 Å². The molecule has 134 valence electrons. The Morgan fingerprint density at radius 2 is 2.12 bits per heavy atom. The maximum atomic E-state index is 13.0. The molecule has 1 aliphatic carbocycles. The molecule has 0 radical (unpaired) electrons. The van der Waals surface area contributed by atoms with Gasteiger partial charge in [0, 0.05) is 19.5 Å². The largest absolute Gasteiger partial charge is 0.471 e. The molecule has 7 heteroatoms. The molecule has 2 aromatic rings. The van der Waals surface area contributed by atoms with Crippen molar-refractivity contribution in [2.45, 2.75) is 51.2 Å². The number of fused-ring (bicyclic) bond motifs is 5. The number of likely N-dealkylation sites (tertiary alicyclic amines) is 1. The van der Waals surface area contributed by atoms with Crippen molar-refractivity contribution in [3.8, 4) is 0 Å². The Morgan fingerprint density at radius 3 is 2.80 bits per heavy atom. The van der Waals surface area contributed by atoms with Gasteiger partial charge in [-0.3, -0.25) is 4.79 Å². The highest BCUT2D eigenvalue weighted by atomic mass is 19.4. The molecular weight excluding hydrogens is 333 g/mol. The second-order valence-electron chi connectivity index (χ2n) is 7.43. The molecule has 2 heterocycles. The van der Waals surface area contributed by atoms with Gasteiger partial charge in [0.15, 0.2) is 11.5 Å². The molecule has 0 spiro atoms. The van der Waals surface area contributed by atoms with E-state index in [1.54, 1.807) is 6.92 Å². The fourth-order valence-electron chi connectivity index (χ4n) is 4.58. The monoisotopic (exact) mass is 352 g/mol. The molecule has 3 atom stereocenters. The van der Waals surface area contributed by atoms with Crippen LogP contribution < -0.4 is 0 Å². The van der Waals surface area contributed by atoms with Crippen LogP contribution in [0.25, 0.3) is 11.1 Å². The number of nitrogens with zero attached hydrogens (tertiary/aromatic N) is 2. The lowest BCUT2D eigenvalue weighted by Crippen LogP contribution is -2.61. The topological polar surface area (TPSA) is 46.3 Å². The molecule has 2 bridgehead atoms. The van der Waals surface area contributed by atoms with E-state index in [-0.39, 0.29) is 17.9 Å². The highest BCUT2D eigenvalue weighted by Crippen LogP contribution is 2.50. The molecule has 1 amide bonds. The minimum Gasteiger partial charge on any atom is -0.441 e. The van der Waals surface area contributed by atoms with E-state index in [9.17, 15) is 18.0 Å². The zero-order valence-corrected chi connectivity index (χ0v) is 14.3. The minimum atomic E-state index is -4.83. The van der Waals surface area contributed by atoms with Crippen LogP contribution in [0.4, 0.5) is 13.2 Å². The number of halogens is 3. The van der Waals surface area contributed by atoms with E-state index in [4.69, 9.17) is 4.42 Å². The highest BCUT2D eigenvalue weighted by molar-refractivity contribution is 5.83. The lowest BCUT2D eigenvalue weighted by molar-refractivity contribution is -0.192. The van der Waals surface area contributed by atoms with Crippen molar-refractivity contribution in [2.24, 2.45) is 5.92 Å². The SMILES string of the molecule is Cc1nc2cc3c(cc2o1)[C@]1(C)CCN(C(=O)C(F)(F)F)[C@H](C3)C1C. The molecule has 2 aliphatic rings. The number of hydrogen-bond donors (Lipinski definition) is 0. The molecule has 0 N–H and O–H groups in total. The quantitative estimate of drug-likeness (QED) is 0.725. The van der Waals surface area contributed by atoms with Gasteiger partial charge < -0.3 is 9.32 Å². The summed E-state index contributed by atoms with van der Waals surface area (Å²) in [5.41, 5.74) is 3.21. The third-order valence-electron chi connectivity index (χ3n) is 6.12. The predicted molar refractivity (Wildman–Crippen MR) is 85.1 cm³/mol. The van der Waals surface area contributed by atoms with E-state index in [0.717, 1.165) is 16.0 Å². The van der Waals surface area contributed by atoms with Crippen LogP contribution in [0.5, 0.6) is 0 Å². The van der Waals surface area contributed by atoms with Crippen molar-refractivity contribution >= 4 is 17.0 Å². The molecule has 4 nitrogen and oxygen atoms in total. The Bertz CT molecular complexity index is 873. The van der Waals surface area contributed by atoms with Gasteiger partial charge in [-0.1, -0.05) is 13.8 Å². The molecule has 0 saturated carbocycles. The molecular formula is C18H19F3N2O2. The zero-order chi connectivity index (χ0) is 18.1. The van der Waals surface area contributed by atoms with Crippen LogP contribution in [0.2, 0.25) is 0 Å². The van der Waals surface area contributed by atoms with Crippen molar-refractivity contribution < 1.29 is 22.4 Å². The molecule has 1 aromatic carbocycles. The third-order valence-corrected chi connectivity index (χ3v) is 6.12. The number of benzene rings is 1. The number of carbonyl (C=O) groups is 1. The molecule has 4 rings (SSSR count). The van der Waals surface area contributed by atoms with Crippen molar-refractivity contribution in [2.75, 3.05) is 6.54 Å². The second kappa shape index (κ2) is 4.99. The van der Waals surface area contributed by atoms with E-state index < -0.39 is 18.1 Å². The number of oxazole rings is 1. The third kappa shape index (κ3) is 2.28. The fourth-order valence-corrected chi connectivity index (χ4v) is 4.58. The van der Waals surface area contributed by atoms with Crippen LogP contribution >= 0.6 is 0 Å². The Labute approximate surface area is 143 Å². The number of rotatable bonds is 0. The number of piperidine rings is 1. The number of hydrogen-bond acceptors (Lipinski definition) is 3. The van der Waals surface area contributed by atoms with Gasteiger partial charge >= 0.3 is 12.1 Å². The Balaban J connectivity index is 1.82. The van der Waals surface area contributed by atoms with E-state index in [1.165, 1.54) is 0 Å². The van der Waals surface area contributed by atoms with Gasteiger partial charge in [-0.25, -0.2) is 4.98 Å². The van der Waals surface area contributed by atoms with E-state index in [2.05, 4.69) is 11.9 Å². The molecule has 1 saturated heterocycles. The van der Waals surface area contributed by atoms with E-state index in [0.29, 0.717) is 29.8 Å². The Morgan fingerprint density at radius 1 is 1.40 bits per heavy atom. The number of aromatic nitrogens is 1. The molecule has 1 aromatic heterocycles. The molecule has 1 fully saturated rings. The summed E-state index contributed by atoms with van der Waals surface area (Å²) in [6, 6.07) is 3.43. The standard InChI is InChI=1S/C18H19F3N2O2/c1-9-14-7-11-6-13-15(25-10(2)22-13)8-12(11)17(9,3)4-5-23(14)16(24)18(19,20)21/h6,8-9,14H,4-5,7H2,1-3H3/t9?,14-,17-/m1/s1. The molecule has 1 unspecified atom stereocenters. The van der Waals surface area contributed by atoms with Crippen LogP contribution in [0.15, 0.2) is 16.5 Å². The molecule has 1 aliphatic heterocycles. The van der Waals surface area contributed by atoms with Gasteiger partial charge in [-0.2, -0.15) is 13.2 Å². The van der Waals surface area contributed by atoms with Crippen molar-refractivity contribution in [1.29, 1.82) is 0 Å². The number of aryl methyl sites for hydroxylation is 1. The van der Waals surface area contributed by atoms with Gasteiger partial charge in [-0.05, 0) is 47.4 Å². The van der Waals surface area contributed by atoms with Crippen LogP contribution in [0.1, 0.15) is 37.3 Å². The van der Waals surface area contributed by atoms with Crippen LogP contribution in [-0.2, 0) is 16.6 Å². The Hall–Kier alpha value is -2.05. The summed E-state index contributed by atoms with van der Waals surface area (Å²) in [6.07, 6.45) is -3.92. The average Bonchev–Trinajstić information content (AvgIpc) is 2.87. The number of alkyl halides is 3. The zero-order valence-electron chi connectivity index (χ0n) is 14.3. The predicted octanol–water partition coefficient (Wildman–Crippen LogP) is 3.75. The van der Waals surface area contributed by atoms with Gasteiger partial charge in [0.1, 0.15) is 5.52 Å². The summed E-state index contributed by atoms with van der Waals surface area (Å²) in [4.78, 5) is 17.2. The first-order valence-electron chi connectivity index (χ1n) is 8.39. The van der Waals surface area contributed by atoms with Crippen LogP contribution in [0, 0.1) is 12.8 Å². The van der Waals surface area contributed by atoms with E-state index in [1.807, 2.05) is 19.1 Å².